The quantitative estimate of drug-likeness (QED) is 0.525. The number of hydrogen-bond donors (Lipinski definition) is 1. The van der Waals surface area contributed by atoms with Gasteiger partial charge in [-0.05, 0) is 35.1 Å². The van der Waals surface area contributed by atoms with E-state index in [1.165, 1.54) is 5.01 Å². The summed E-state index contributed by atoms with van der Waals surface area (Å²) in [5.41, 5.74) is 6.40. The van der Waals surface area contributed by atoms with Gasteiger partial charge in [-0.2, -0.15) is 17.9 Å². The van der Waals surface area contributed by atoms with Gasteiger partial charge in [0.15, 0.2) is 5.69 Å². The molecule has 0 fully saturated rings. The van der Waals surface area contributed by atoms with Crippen LogP contribution >= 0.6 is 0 Å². The highest BCUT2D eigenvalue weighted by Gasteiger charge is 2.34. The topological polar surface area (TPSA) is 77.0 Å². The van der Waals surface area contributed by atoms with E-state index in [-0.39, 0.29) is 12.4 Å². The molecule has 6 nitrogen and oxygen atoms in total. The summed E-state index contributed by atoms with van der Waals surface area (Å²) in [5, 5.41) is 21.6. The van der Waals surface area contributed by atoms with Crippen molar-refractivity contribution in [1.82, 2.24) is 9.76 Å². The number of anilines is 1. The molecule has 2 aromatic carbocycles. The number of alkyl halides is 3. The maximum Gasteiger partial charge on any atom is 0.416 e. The molecule has 2 N–H and O–H groups in total. The predicted octanol–water partition coefficient (Wildman–Crippen LogP) is 3.85. The summed E-state index contributed by atoms with van der Waals surface area (Å²) in [6, 6.07) is 11.1. The van der Waals surface area contributed by atoms with Crippen molar-refractivity contribution in [1.29, 1.82) is 0 Å². The molecule has 1 aliphatic rings. The molecule has 3 rings (SSSR count). The van der Waals surface area contributed by atoms with E-state index in [4.69, 9.17) is 5.73 Å². The fourth-order valence-corrected chi connectivity index (χ4v) is 2.33. The molecular weight excluding hydrogens is 323 g/mol. The van der Waals surface area contributed by atoms with Crippen LogP contribution in [0.3, 0.4) is 0 Å². The zero-order chi connectivity index (χ0) is 17.4. The van der Waals surface area contributed by atoms with Crippen molar-refractivity contribution in [3.05, 3.63) is 64.9 Å². The van der Waals surface area contributed by atoms with E-state index in [0.29, 0.717) is 12.2 Å². The molecule has 9 heteroatoms. The number of benzene rings is 2. The summed E-state index contributed by atoms with van der Waals surface area (Å²) in [6.07, 6.45) is -4.44. The Morgan fingerprint density at radius 3 is 2.29 bits per heavy atom. The molecule has 0 aliphatic carbocycles. The number of rotatable bonds is 3. The first kappa shape index (κ1) is 16.2. The first-order valence-corrected chi connectivity index (χ1v) is 7.06. The Morgan fingerprint density at radius 1 is 1.08 bits per heavy atom. The van der Waals surface area contributed by atoms with Crippen LogP contribution in [0.1, 0.15) is 11.1 Å². The van der Waals surface area contributed by atoms with Crippen molar-refractivity contribution in [3.8, 4) is 0 Å². The molecule has 0 saturated carbocycles. The number of nitrogens with zero attached hydrogens (tertiary/aromatic N) is 4. The Labute approximate surface area is 135 Å². The standard InChI is InChI=1S/C15H14F3N5O/c16-15(17,18)12-3-7-14(8-4-12)23(24)10-22(20-21-23)9-11-1-5-13(19)6-2-11/h1-8H,9-10,19H2. The third kappa shape index (κ3) is 3.31. The first-order chi connectivity index (χ1) is 11.3. The first-order valence-electron chi connectivity index (χ1n) is 7.06. The molecule has 0 amide bonds. The number of nitrogens with two attached hydrogens (primary N) is 1. The lowest BCUT2D eigenvalue weighted by Crippen LogP contribution is -2.39. The molecule has 126 valence electrons. The number of quaternary nitrogens is 1. The second-order valence-corrected chi connectivity index (χ2v) is 5.47. The van der Waals surface area contributed by atoms with Gasteiger partial charge in [0.2, 0.25) is 6.67 Å². The molecule has 0 saturated heterocycles. The maximum atomic E-state index is 12.7. The Morgan fingerprint density at radius 2 is 1.71 bits per heavy atom. The summed E-state index contributed by atoms with van der Waals surface area (Å²) < 4.78 is 36.6. The minimum absolute atomic E-state index is 0.0894. The molecule has 1 unspecified atom stereocenters. The van der Waals surface area contributed by atoms with E-state index >= 15 is 0 Å². The van der Waals surface area contributed by atoms with Crippen LogP contribution in [0.4, 0.5) is 24.5 Å². The highest BCUT2D eigenvalue weighted by Crippen LogP contribution is 2.33. The fourth-order valence-electron chi connectivity index (χ4n) is 2.33. The van der Waals surface area contributed by atoms with E-state index in [0.717, 1.165) is 29.8 Å². The zero-order valence-electron chi connectivity index (χ0n) is 12.4. The van der Waals surface area contributed by atoms with Gasteiger partial charge in [-0.25, -0.2) is 5.01 Å². The van der Waals surface area contributed by atoms with Gasteiger partial charge in [-0.15, -0.1) is 0 Å². The second-order valence-electron chi connectivity index (χ2n) is 5.47. The van der Waals surface area contributed by atoms with Gasteiger partial charge in [0.05, 0.1) is 17.3 Å². The van der Waals surface area contributed by atoms with Gasteiger partial charge in [-0.3, -0.25) is 0 Å². The molecule has 1 aliphatic heterocycles. The smallest absolute Gasteiger partial charge is 0.416 e. The van der Waals surface area contributed by atoms with Crippen molar-refractivity contribution in [2.24, 2.45) is 10.4 Å². The lowest BCUT2D eigenvalue weighted by Gasteiger charge is -2.30. The van der Waals surface area contributed by atoms with Crippen LogP contribution in [0.15, 0.2) is 59.0 Å². The Bertz CT molecular complexity index is 745. The highest BCUT2D eigenvalue weighted by molar-refractivity contribution is 5.45. The Hall–Kier alpha value is -2.65. The average molecular weight is 337 g/mol. The predicted molar refractivity (Wildman–Crippen MR) is 82.7 cm³/mol. The van der Waals surface area contributed by atoms with E-state index in [1.54, 1.807) is 24.3 Å². The van der Waals surface area contributed by atoms with E-state index in [9.17, 15) is 18.4 Å². The van der Waals surface area contributed by atoms with Crippen LogP contribution in [-0.4, -0.2) is 11.7 Å². The number of hydrogen-bond acceptors (Lipinski definition) is 5. The minimum atomic E-state index is -4.44. The summed E-state index contributed by atoms with van der Waals surface area (Å²) in [4.78, 5) is 0. The third-order valence-corrected chi connectivity index (χ3v) is 3.61. The number of nitrogen functional groups attached to an aromatic ring is 1. The summed E-state index contributed by atoms with van der Waals surface area (Å²) >= 11 is 0. The van der Waals surface area contributed by atoms with Gasteiger partial charge in [0.25, 0.3) is 0 Å². The van der Waals surface area contributed by atoms with Gasteiger partial charge in [0, 0.05) is 17.8 Å². The zero-order valence-corrected chi connectivity index (χ0v) is 12.4. The van der Waals surface area contributed by atoms with Crippen LogP contribution in [0.2, 0.25) is 0 Å². The van der Waals surface area contributed by atoms with E-state index in [1.807, 2.05) is 0 Å². The molecule has 0 aromatic heterocycles. The fraction of sp³-hybridized carbons (Fsp3) is 0.200. The molecule has 0 bridgehead atoms. The molecule has 0 spiro atoms. The third-order valence-electron chi connectivity index (χ3n) is 3.61. The van der Waals surface area contributed by atoms with Crippen LogP contribution < -0.4 is 10.5 Å². The van der Waals surface area contributed by atoms with Crippen LogP contribution in [-0.2, 0) is 12.7 Å². The SMILES string of the molecule is Nc1ccc(CN2C[N+]([O-])(c3ccc(C(F)(F)F)cc3)N=N2)cc1. The van der Waals surface area contributed by atoms with Crippen molar-refractivity contribution in [3.63, 3.8) is 0 Å². The summed E-state index contributed by atoms with van der Waals surface area (Å²) in [7, 11) is 0. The summed E-state index contributed by atoms with van der Waals surface area (Å²) in [5.74, 6) is 0. The normalized spacial score (nSPS) is 20.6. The van der Waals surface area contributed by atoms with Gasteiger partial charge >= 0.3 is 6.18 Å². The Kier molecular flexibility index (Phi) is 3.90. The van der Waals surface area contributed by atoms with Crippen molar-refractivity contribution < 1.29 is 13.2 Å². The van der Waals surface area contributed by atoms with Gasteiger partial charge in [0.1, 0.15) is 0 Å². The maximum absolute atomic E-state index is 12.7. The minimum Gasteiger partial charge on any atom is -0.597 e. The van der Waals surface area contributed by atoms with Crippen molar-refractivity contribution in [2.75, 3.05) is 12.4 Å². The van der Waals surface area contributed by atoms with E-state index < -0.39 is 16.5 Å². The van der Waals surface area contributed by atoms with Gasteiger partial charge in [-0.1, -0.05) is 12.1 Å². The molecular formula is C15H14F3N5O. The van der Waals surface area contributed by atoms with E-state index in [2.05, 4.69) is 10.4 Å². The van der Waals surface area contributed by atoms with Crippen LogP contribution in [0, 0.1) is 5.21 Å². The molecule has 0 radical (unpaired) electrons. The highest BCUT2D eigenvalue weighted by atomic mass is 19.4. The van der Waals surface area contributed by atoms with Gasteiger partial charge < -0.3 is 10.9 Å². The van der Waals surface area contributed by atoms with Crippen LogP contribution in [0.5, 0.6) is 0 Å². The lowest BCUT2D eigenvalue weighted by atomic mass is 10.2. The van der Waals surface area contributed by atoms with Crippen molar-refractivity contribution in [2.45, 2.75) is 12.7 Å². The number of halogens is 3. The Balaban J connectivity index is 1.71. The van der Waals surface area contributed by atoms with Crippen molar-refractivity contribution >= 4 is 11.4 Å². The molecule has 1 atom stereocenters. The lowest BCUT2D eigenvalue weighted by molar-refractivity contribution is -0.137. The largest absolute Gasteiger partial charge is 0.597 e. The summed E-state index contributed by atoms with van der Waals surface area (Å²) in [6.45, 7) is 0.238. The molecule has 1 heterocycles. The molecule has 24 heavy (non-hydrogen) atoms. The second kappa shape index (κ2) is 5.77. The average Bonchev–Trinajstić information content (AvgIpc) is 2.91. The van der Waals surface area contributed by atoms with Crippen LogP contribution in [0.25, 0.3) is 0 Å². The number of hydroxylamine groups is 1. The molecule has 2 aromatic rings. The monoisotopic (exact) mass is 337 g/mol.